The molecule has 0 unspecified atom stereocenters. The van der Waals surface area contributed by atoms with E-state index in [1.54, 1.807) is 12.1 Å². The normalized spacial score (nSPS) is 10.8. The number of H-pyrrole nitrogens is 2. The third-order valence-corrected chi connectivity index (χ3v) is 3.35. The van der Waals surface area contributed by atoms with Gasteiger partial charge in [0.15, 0.2) is 0 Å². The lowest BCUT2D eigenvalue weighted by molar-refractivity contribution is -0.255. The lowest BCUT2D eigenvalue weighted by atomic mass is 9.92. The molecule has 3 rings (SSSR count). The summed E-state index contributed by atoms with van der Waals surface area (Å²) < 4.78 is 0. The van der Waals surface area contributed by atoms with Crippen molar-refractivity contribution in [1.82, 2.24) is 9.97 Å². The van der Waals surface area contributed by atoms with Gasteiger partial charge in [-0.2, -0.15) is 0 Å². The number of aromatic carboxylic acids is 1. The minimum absolute atomic E-state index is 0.0239. The molecule has 3 aromatic rings. The van der Waals surface area contributed by atoms with Crippen molar-refractivity contribution in [3.63, 3.8) is 0 Å². The van der Waals surface area contributed by atoms with Crippen molar-refractivity contribution in [2.75, 3.05) is 0 Å². The highest BCUT2D eigenvalue weighted by Gasteiger charge is 2.18. The van der Waals surface area contributed by atoms with Crippen LogP contribution in [0.25, 0.3) is 0 Å². The minimum atomic E-state index is -1.16. The number of benzene rings is 1. The molecule has 2 heterocycles. The molecule has 0 saturated carbocycles. The molecule has 0 spiro atoms. The van der Waals surface area contributed by atoms with Crippen LogP contribution in [0.4, 0.5) is 0 Å². The summed E-state index contributed by atoms with van der Waals surface area (Å²) in [6.45, 7) is 0. The summed E-state index contributed by atoms with van der Waals surface area (Å²) in [5, 5.41) is 10.8. The van der Waals surface area contributed by atoms with Gasteiger partial charge in [-0.1, -0.05) is 24.3 Å². The summed E-state index contributed by atoms with van der Waals surface area (Å²) in [5.41, 5.74) is 3.30. The Hall–Kier alpha value is -2.75. The van der Waals surface area contributed by atoms with Gasteiger partial charge in [-0.15, -0.1) is 0 Å². The quantitative estimate of drug-likeness (QED) is 0.756. The van der Waals surface area contributed by atoms with Gasteiger partial charge in [0.05, 0.1) is 11.9 Å². The van der Waals surface area contributed by atoms with Crippen molar-refractivity contribution in [2.24, 2.45) is 0 Å². The smallest absolute Gasteiger partial charge is 0.0715 e. The van der Waals surface area contributed by atoms with E-state index in [1.807, 2.05) is 48.8 Å². The van der Waals surface area contributed by atoms with Crippen LogP contribution in [-0.2, 0) is 0 Å². The first-order chi connectivity index (χ1) is 9.75. The molecule has 0 fully saturated rings. The van der Waals surface area contributed by atoms with E-state index in [0.29, 0.717) is 0 Å². The molecule has 0 bridgehead atoms. The summed E-state index contributed by atoms with van der Waals surface area (Å²) >= 11 is 0. The Morgan fingerprint density at radius 2 is 1.45 bits per heavy atom. The summed E-state index contributed by atoms with van der Waals surface area (Å²) in [7, 11) is 0. The fourth-order valence-electron chi connectivity index (χ4n) is 2.39. The van der Waals surface area contributed by atoms with Gasteiger partial charge < -0.3 is 19.9 Å². The van der Waals surface area contributed by atoms with E-state index in [9.17, 15) is 9.90 Å². The molecule has 20 heavy (non-hydrogen) atoms. The van der Waals surface area contributed by atoms with Gasteiger partial charge in [0, 0.05) is 23.8 Å². The highest BCUT2D eigenvalue weighted by molar-refractivity contribution is 5.85. The number of aromatic nitrogens is 2. The number of hydrogen-bond acceptors (Lipinski definition) is 2. The predicted octanol–water partition coefficient (Wildman–Crippen LogP) is 1.89. The molecular weight excluding hydrogens is 252 g/mol. The van der Waals surface area contributed by atoms with Crippen LogP contribution in [0.15, 0.2) is 60.9 Å². The molecule has 0 atom stereocenters. The van der Waals surface area contributed by atoms with E-state index < -0.39 is 5.97 Å². The van der Waals surface area contributed by atoms with E-state index in [-0.39, 0.29) is 11.5 Å². The van der Waals surface area contributed by atoms with Crippen LogP contribution < -0.4 is 5.11 Å². The van der Waals surface area contributed by atoms with Gasteiger partial charge in [0.1, 0.15) is 0 Å². The highest BCUT2D eigenvalue weighted by atomic mass is 16.4. The largest absolute Gasteiger partial charge is 0.545 e. The van der Waals surface area contributed by atoms with E-state index in [2.05, 4.69) is 9.97 Å². The van der Waals surface area contributed by atoms with Gasteiger partial charge >= 0.3 is 0 Å². The van der Waals surface area contributed by atoms with Crippen LogP contribution in [0.5, 0.6) is 0 Å². The number of aromatic amines is 2. The number of carbonyl (C=O) groups excluding carboxylic acids is 1. The molecule has 2 N–H and O–H groups in total. The van der Waals surface area contributed by atoms with Crippen molar-refractivity contribution >= 4 is 5.97 Å². The maximum Gasteiger partial charge on any atom is 0.0715 e. The first kappa shape index (κ1) is 12.3. The molecule has 0 aliphatic heterocycles. The van der Waals surface area contributed by atoms with Crippen LogP contribution in [0.3, 0.4) is 0 Å². The fourth-order valence-corrected chi connectivity index (χ4v) is 2.39. The second-order valence-electron chi connectivity index (χ2n) is 4.59. The van der Waals surface area contributed by atoms with Crippen LogP contribution in [0.1, 0.15) is 33.2 Å². The number of carbonyl (C=O) groups is 1. The van der Waals surface area contributed by atoms with Crippen LogP contribution in [0, 0.1) is 0 Å². The Morgan fingerprint density at radius 3 is 1.85 bits per heavy atom. The van der Waals surface area contributed by atoms with Crippen LogP contribution in [-0.4, -0.2) is 15.9 Å². The molecule has 0 radical (unpaired) electrons. The summed E-state index contributed by atoms with van der Waals surface area (Å²) in [6, 6.07) is 14.7. The Morgan fingerprint density at radius 1 is 0.900 bits per heavy atom. The van der Waals surface area contributed by atoms with Gasteiger partial charge in [0.25, 0.3) is 0 Å². The Balaban J connectivity index is 2.04. The van der Waals surface area contributed by atoms with E-state index in [0.717, 1.165) is 17.0 Å². The molecule has 0 amide bonds. The molecule has 1 aromatic carbocycles. The average Bonchev–Trinajstić information content (AvgIpc) is 3.13. The number of carboxylic acids is 1. The lowest BCUT2D eigenvalue weighted by Gasteiger charge is -2.16. The maximum atomic E-state index is 10.8. The summed E-state index contributed by atoms with van der Waals surface area (Å²) in [4.78, 5) is 17.2. The summed E-state index contributed by atoms with van der Waals surface area (Å²) in [5.74, 6) is -1.14. The second-order valence-corrected chi connectivity index (χ2v) is 4.59. The molecule has 2 aromatic heterocycles. The molecule has 100 valence electrons. The zero-order chi connectivity index (χ0) is 13.9. The molecule has 4 nitrogen and oxygen atoms in total. The Kier molecular flexibility index (Phi) is 3.13. The van der Waals surface area contributed by atoms with Crippen LogP contribution in [0.2, 0.25) is 0 Å². The highest BCUT2D eigenvalue weighted by Crippen LogP contribution is 2.29. The standard InChI is InChI=1S/C16H14N2O2/c19-16(20)12-7-5-11(6-8-12)15(13-3-1-9-17-13)14-4-2-10-18-14/h1-10,15,17-18H,(H,19,20)/p-1. The summed E-state index contributed by atoms with van der Waals surface area (Å²) in [6.07, 6.45) is 3.75. The average molecular weight is 265 g/mol. The maximum absolute atomic E-state index is 10.8. The molecule has 0 aliphatic carbocycles. The van der Waals surface area contributed by atoms with E-state index >= 15 is 0 Å². The van der Waals surface area contributed by atoms with Crippen molar-refractivity contribution in [3.8, 4) is 0 Å². The topological polar surface area (TPSA) is 71.7 Å². The zero-order valence-electron chi connectivity index (χ0n) is 10.7. The van der Waals surface area contributed by atoms with E-state index in [1.165, 1.54) is 0 Å². The molecular formula is C16H13N2O2-. The minimum Gasteiger partial charge on any atom is -0.545 e. The number of rotatable bonds is 4. The monoisotopic (exact) mass is 265 g/mol. The van der Waals surface area contributed by atoms with Crippen molar-refractivity contribution in [3.05, 3.63) is 83.4 Å². The SMILES string of the molecule is O=C([O-])c1ccc(C(c2ccc[nH]2)c2ccc[nH]2)cc1. The zero-order valence-corrected chi connectivity index (χ0v) is 10.7. The van der Waals surface area contributed by atoms with Crippen molar-refractivity contribution in [1.29, 1.82) is 0 Å². The van der Waals surface area contributed by atoms with Gasteiger partial charge in [0.2, 0.25) is 0 Å². The third kappa shape index (κ3) is 2.23. The Labute approximate surface area is 116 Å². The van der Waals surface area contributed by atoms with Crippen molar-refractivity contribution < 1.29 is 9.90 Å². The van der Waals surface area contributed by atoms with Gasteiger partial charge in [-0.25, -0.2) is 0 Å². The lowest BCUT2D eigenvalue weighted by Crippen LogP contribution is -2.22. The van der Waals surface area contributed by atoms with Crippen LogP contribution >= 0.6 is 0 Å². The predicted molar refractivity (Wildman–Crippen MR) is 73.3 cm³/mol. The van der Waals surface area contributed by atoms with Gasteiger partial charge in [-0.3, -0.25) is 0 Å². The number of nitrogens with one attached hydrogen (secondary N) is 2. The Bertz CT molecular complexity index is 648. The van der Waals surface area contributed by atoms with Crippen molar-refractivity contribution in [2.45, 2.75) is 5.92 Å². The second kappa shape index (κ2) is 5.09. The first-order valence-electron chi connectivity index (χ1n) is 6.33. The van der Waals surface area contributed by atoms with E-state index in [4.69, 9.17) is 0 Å². The molecule has 0 aliphatic rings. The molecule has 0 saturated heterocycles. The first-order valence-corrected chi connectivity index (χ1v) is 6.33. The fraction of sp³-hybridized carbons (Fsp3) is 0.0625. The number of carboxylic acid groups (broad SMARTS) is 1. The third-order valence-electron chi connectivity index (χ3n) is 3.35. The number of hydrogen-bond donors (Lipinski definition) is 2. The molecule has 4 heteroatoms. The van der Waals surface area contributed by atoms with Gasteiger partial charge in [-0.05, 0) is 35.4 Å².